The number of ether oxygens (including phenoxy) is 4. The Balaban J connectivity index is 4.41. The highest BCUT2D eigenvalue weighted by Gasteiger charge is 2.25. The van der Waals surface area contributed by atoms with Crippen LogP contribution in [0.25, 0.3) is 0 Å². The molecule has 0 heterocycles. The number of carboxylic acid groups (broad SMARTS) is 1. The highest BCUT2D eigenvalue weighted by atomic mass is 16.7. The number of carboxylic acids is 1. The van der Waals surface area contributed by atoms with E-state index in [9.17, 15) is 19.5 Å². The maximum absolute atomic E-state index is 12.9. The van der Waals surface area contributed by atoms with Gasteiger partial charge < -0.3 is 28.5 Å². The van der Waals surface area contributed by atoms with Gasteiger partial charge in [0.05, 0.1) is 34.4 Å². The van der Waals surface area contributed by atoms with Crippen LogP contribution in [0.3, 0.4) is 0 Å². The van der Waals surface area contributed by atoms with Gasteiger partial charge in [-0.1, -0.05) is 224 Å². The Bertz CT molecular complexity index is 1770. The third-order valence-corrected chi connectivity index (χ3v) is 12.1. The van der Waals surface area contributed by atoms with Crippen LogP contribution in [0.2, 0.25) is 0 Å². The SMILES string of the molecule is CC/C=C\C/C=C\C/C=C\C/C=C\C/C=C\C/C=C\C/C=C\C/C=C\C/C=C\CCCC(=O)OC(COC(=O)CCCCCCCCCC/C=C\C/C=C\C/C=C\CCCCCCC)COC(OCC[N+](C)(C)C)C(=O)O. The van der Waals surface area contributed by atoms with Crippen molar-refractivity contribution in [1.29, 1.82) is 0 Å². The Morgan fingerprint density at radius 2 is 0.753 bits per heavy atom. The number of quaternary nitrogens is 1. The van der Waals surface area contributed by atoms with E-state index in [0.717, 1.165) is 103 Å². The molecule has 1 N–H and O–H groups in total. The summed E-state index contributed by atoms with van der Waals surface area (Å²) in [6.07, 6.45) is 80.7. The molecular formula is C68H110NO8+. The maximum atomic E-state index is 12.9. The van der Waals surface area contributed by atoms with Gasteiger partial charge in [0.1, 0.15) is 13.2 Å². The molecule has 0 fully saturated rings. The highest BCUT2D eigenvalue weighted by molar-refractivity contribution is 5.71. The Morgan fingerprint density at radius 3 is 1.14 bits per heavy atom. The summed E-state index contributed by atoms with van der Waals surface area (Å²) in [5.74, 6) is -2.12. The molecule has 0 amide bonds. The lowest BCUT2D eigenvalue weighted by Crippen LogP contribution is -2.40. The van der Waals surface area contributed by atoms with Crippen LogP contribution in [-0.2, 0) is 33.3 Å². The molecule has 0 aliphatic heterocycles. The zero-order chi connectivity index (χ0) is 56.2. The van der Waals surface area contributed by atoms with Crippen molar-refractivity contribution in [3.63, 3.8) is 0 Å². The number of carbonyl (C=O) groups is 3. The third-order valence-electron chi connectivity index (χ3n) is 12.1. The zero-order valence-electron chi connectivity index (χ0n) is 49.3. The third kappa shape index (κ3) is 58.7. The monoisotopic (exact) mass is 1070 g/mol. The number of esters is 2. The molecule has 0 bridgehead atoms. The molecule has 77 heavy (non-hydrogen) atoms. The Labute approximate surface area is 471 Å². The standard InChI is InChI=1S/C68H109NO8/c1-6-8-10-12-14-16-18-20-22-24-26-28-30-31-32-33-34-35-37-39-41-43-45-47-49-51-53-55-57-59-66(71)77-64(63-76-68(67(72)73)74-61-60-69(3,4)5)62-75-65(70)58-56-54-52-50-48-46-44-42-40-38-36-29-27-25-23-21-19-17-15-13-11-9-7-2/h8,10,14,16,19-22,25-28,31-32,34-36,38-39,41,45,47,51,53,64,68H,6-7,9,11-13,15,17-18,23-24,29-30,33,37,40,42-44,46,48-50,52,54-63H2,1-5H3/p+1/b10-8-,16-14-,21-19-,22-20-,27-25-,28-26-,32-31-,35-34-,38-36-,41-39-,47-45-,53-51-. The number of aliphatic carboxylic acids is 1. The smallest absolute Gasteiger partial charge is 0.361 e. The number of unbranched alkanes of at least 4 members (excludes halogenated alkanes) is 14. The minimum Gasteiger partial charge on any atom is -0.477 e. The first-order valence-corrected chi connectivity index (χ1v) is 30.0. The van der Waals surface area contributed by atoms with E-state index in [-0.39, 0.29) is 38.6 Å². The maximum Gasteiger partial charge on any atom is 0.361 e. The molecule has 0 aliphatic rings. The van der Waals surface area contributed by atoms with E-state index in [1.807, 2.05) is 21.1 Å². The topological polar surface area (TPSA) is 108 Å². The highest BCUT2D eigenvalue weighted by Crippen LogP contribution is 2.13. The van der Waals surface area contributed by atoms with Crippen LogP contribution in [0.15, 0.2) is 146 Å². The predicted octanol–water partition coefficient (Wildman–Crippen LogP) is 18.0. The van der Waals surface area contributed by atoms with Crippen LogP contribution in [0.5, 0.6) is 0 Å². The van der Waals surface area contributed by atoms with E-state index in [1.165, 1.54) is 64.2 Å². The van der Waals surface area contributed by atoms with Crippen molar-refractivity contribution in [2.45, 2.75) is 219 Å². The fourth-order valence-corrected chi connectivity index (χ4v) is 7.49. The Kier molecular flexibility index (Phi) is 53.8. The summed E-state index contributed by atoms with van der Waals surface area (Å²) in [5.41, 5.74) is 0. The number of likely N-dealkylation sites (N-methyl/N-ethyl adjacent to an activating group) is 1. The zero-order valence-corrected chi connectivity index (χ0v) is 49.3. The van der Waals surface area contributed by atoms with Crippen molar-refractivity contribution in [1.82, 2.24) is 0 Å². The molecule has 2 atom stereocenters. The lowest BCUT2D eigenvalue weighted by molar-refractivity contribution is -0.870. The molecule has 0 saturated heterocycles. The normalized spacial score (nSPS) is 13.8. The van der Waals surface area contributed by atoms with E-state index < -0.39 is 24.3 Å². The second-order valence-corrected chi connectivity index (χ2v) is 20.6. The predicted molar refractivity (Wildman–Crippen MR) is 327 cm³/mol. The minimum absolute atomic E-state index is 0.167. The average molecular weight is 1070 g/mol. The van der Waals surface area contributed by atoms with Gasteiger partial charge in [-0.2, -0.15) is 0 Å². The molecule has 0 aliphatic carbocycles. The summed E-state index contributed by atoms with van der Waals surface area (Å²) in [6.45, 7) is 4.65. The van der Waals surface area contributed by atoms with Gasteiger partial charge in [0.2, 0.25) is 0 Å². The summed E-state index contributed by atoms with van der Waals surface area (Å²) >= 11 is 0. The van der Waals surface area contributed by atoms with E-state index in [2.05, 4.69) is 160 Å². The molecule has 0 aromatic carbocycles. The molecule has 0 saturated carbocycles. The van der Waals surface area contributed by atoms with Gasteiger partial charge in [0.15, 0.2) is 6.10 Å². The average Bonchev–Trinajstić information content (AvgIpc) is 3.40. The van der Waals surface area contributed by atoms with E-state index in [1.54, 1.807) is 0 Å². The minimum atomic E-state index is -1.54. The van der Waals surface area contributed by atoms with Gasteiger partial charge in [-0.25, -0.2) is 4.79 Å². The number of allylic oxidation sites excluding steroid dienone is 24. The van der Waals surface area contributed by atoms with Gasteiger partial charge in [0.25, 0.3) is 6.29 Å². The number of nitrogens with zero attached hydrogens (tertiary/aromatic N) is 1. The van der Waals surface area contributed by atoms with Crippen LogP contribution in [0, 0.1) is 0 Å². The Hall–Kier alpha value is -4.83. The van der Waals surface area contributed by atoms with Gasteiger partial charge in [-0.3, -0.25) is 9.59 Å². The van der Waals surface area contributed by atoms with Crippen molar-refractivity contribution in [2.75, 3.05) is 47.5 Å². The molecule has 0 aromatic rings. The summed E-state index contributed by atoms with van der Waals surface area (Å²) in [4.78, 5) is 37.4. The molecule has 9 nitrogen and oxygen atoms in total. The number of hydrogen-bond acceptors (Lipinski definition) is 7. The van der Waals surface area contributed by atoms with Crippen molar-refractivity contribution in [3.8, 4) is 0 Å². The van der Waals surface area contributed by atoms with E-state index >= 15 is 0 Å². The van der Waals surface area contributed by atoms with Gasteiger partial charge in [-0.15, -0.1) is 0 Å². The molecule has 2 unspecified atom stereocenters. The van der Waals surface area contributed by atoms with E-state index in [4.69, 9.17) is 18.9 Å². The van der Waals surface area contributed by atoms with Gasteiger partial charge in [0, 0.05) is 12.8 Å². The molecule has 0 aromatic heterocycles. The number of rotatable bonds is 53. The molecule has 0 radical (unpaired) electrons. The summed E-state index contributed by atoms with van der Waals surface area (Å²) < 4.78 is 22.8. The molecular weight excluding hydrogens is 959 g/mol. The van der Waals surface area contributed by atoms with Crippen LogP contribution in [0.4, 0.5) is 0 Å². The van der Waals surface area contributed by atoms with Crippen LogP contribution >= 0.6 is 0 Å². The van der Waals surface area contributed by atoms with Crippen LogP contribution < -0.4 is 0 Å². The van der Waals surface area contributed by atoms with Gasteiger partial charge >= 0.3 is 17.9 Å². The quantitative estimate of drug-likeness (QED) is 0.0211. The lowest BCUT2D eigenvalue weighted by Gasteiger charge is -2.25. The first-order valence-electron chi connectivity index (χ1n) is 30.0. The second kappa shape index (κ2) is 57.3. The van der Waals surface area contributed by atoms with Crippen molar-refractivity contribution < 1.29 is 42.9 Å². The van der Waals surface area contributed by atoms with Crippen LogP contribution in [-0.4, -0.2) is 87.4 Å². The largest absolute Gasteiger partial charge is 0.477 e. The summed E-state index contributed by atoms with van der Waals surface area (Å²) in [6, 6.07) is 0. The number of hydrogen-bond donors (Lipinski definition) is 1. The second-order valence-electron chi connectivity index (χ2n) is 20.6. The fourth-order valence-electron chi connectivity index (χ4n) is 7.49. The fraction of sp³-hybridized carbons (Fsp3) is 0.603. The van der Waals surface area contributed by atoms with Gasteiger partial charge in [-0.05, 0) is 116 Å². The van der Waals surface area contributed by atoms with E-state index in [0.29, 0.717) is 23.9 Å². The number of carbonyl (C=O) groups excluding carboxylic acids is 2. The van der Waals surface area contributed by atoms with Crippen molar-refractivity contribution in [3.05, 3.63) is 146 Å². The molecule has 9 heteroatoms. The summed E-state index contributed by atoms with van der Waals surface area (Å²) in [5, 5.41) is 9.71. The summed E-state index contributed by atoms with van der Waals surface area (Å²) in [7, 11) is 5.93. The Morgan fingerprint density at radius 1 is 0.403 bits per heavy atom. The van der Waals surface area contributed by atoms with Crippen molar-refractivity contribution >= 4 is 17.9 Å². The first kappa shape index (κ1) is 72.2. The van der Waals surface area contributed by atoms with Crippen molar-refractivity contribution in [2.24, 2.45) is 0 Å². The molecule has 0 rings (SSSR count). The lowest BCUT2D eigenvalue weighted by atomic mass is 10.1. The van der Waals surface area contributed by atoms with Crippen LogP contribution in [0.1, 0.15) is 206 Å². The molecule has 434 valence electrons. The molecule has 0 spiro atoms. The first-order chi connectivity index (χ1) is 37.6.